The van der Waals surface area contributed by atoms with Gasteiger partial charge in [-0.05, 0) is 27.2 Å². The van der Waals surface area contributed by atoms with Crippen LogP contribution in [-0.2, 0) is 14.3 Å². The highest BCUT2D eigenvalue weighted by Gasteiger charge is 2.15. The highest BCUT2D eigenvalue weighted by Crippen LogP contribution is 2.06. The zero-order valence-electron chi connectivity index (χ0n) is 11.9. The fourth-order valence-corrected chi connectivity index (χ4v) is 1.19. The third kappa shape index (κ3) is 11.4. The number of Topliss-reactive ketones (excluding diaryl/α,β-unsaturated/α-hetero) is 1. The Bertz CT molecular complexity index is 258. The summed E-state index contributed by atoms with van der Waals surface area (Å²) in [6.07, 6.45) is 1.45. The van der Waals surface area contributed by atoms with Gasteiger partial charge >= 0.3 is 6.09 Å². The molecule has 0 radical (unpaired) electrons. The number of amides is 1. The topological polar surface area (TPSA) is 64.6 Å². The molecule has 0 unspecified atom stereocenters. The molecule has 5 nitrogen and oxygen atoms in total. The predicted octanol–water partition coefficient (Wildman–Crippen LogP) is 2.29. The van der Waals surface area contributed by atoms with Crippen molar-refractivity contribution in [1.29, 1.82) is 0 Å². The van der Waals surface area contributed by atoms with Crippen LogP contribution in [-0.4, -0.2) is 37.2 Å². The van der Waals surface area contributed by atoms with E-state index in [0.717, 1.165) is 6.42 Å². The van der Waals surface area contributed by atoms with E-state index in [4.69, 9.17) is 9.47 Å². The van der Waals surface area contributed by atoms with E-state index < -0.39 is 11.7 Å². The molecule has 0 aliphatic rings. The lowest BCUT2D eigenvalue weighted by molar-refractivity contribution is -0.119. The summed E-state index contributed by atoms with van der Waals surface area (Å²) in [5, 5.41) is 2.60. The van der Waals surface area contributed by atoms with Crippen LogP contribution in [0, 0.1) is 0 Å². The minimum atomic E-state index is -0.481. The van der Waals surface area contributed by atoms with Gasteiger partial charge < -0.3 is 14.8 Å². The van der Waals surface area contributed by atoms with Gasteiger partial charge in [-0.15, -0.1) is 0 Å². The van der Waals surface area contributed by atoms with Gasteiger partial charge in [-0.3, -0.25) is 4.79 Å². The zero-order chi connectivity index (χ0) is 14.0. The first-order valence-corrected chi connectivity index (χ1v) is 6.41. The molecule has 0 heterocycles. The molecule has 0 aliphatic carbocycles. The van der Waals surface area contributed by atoms with Crippen molar-refractivity contribution in [3.63, 3.8) is 0 Å². The van der Waals surface area contributed by atoms with Gasteiger partial charge in [0, 0.05) is 26.0 Å². The molecule has 0 fully saturated rings. The van der Waals surface area contributed by atoms with Crippen LogP contribution in [0.15, 0.2) is 0 Å². The van der Waals surface area contributed by atoms with Gasteiger partial charge in [-0.1, -0.05) is 6.92 Å². The van der Waals surface area contributed by atoms with Crippen LogP contribution in [0.5, 0.6) is 0 Å². The third-order valence-corrected chi connectivity index (χ3v) is 2.05. The number of alkyl carbamates (subject to hydrolysis) is 1. The van der Waals surface area contributed by atoms with Gasteiger partial charge in [0.25, 0.3) is 0 Å². The van der Waals surface area contributed by atoms with Gasteiger partial charge in [-0.25, -0.2) is 4.79 Å². The predicted molar refractivity (Wildman–Crippen MR) is 69.6 cm³/mol. The highest BCUT2D eigenvalue weighted by molar-refractivity contribution is 5.77. The molecule has 0 bridgehead atoms. The summed E-state index contributed by atoms with van der Waals surface area (Å²) in [4.78, 5) is 22.2. The first kappa shape index (κ1) is 16.9. The van der Waals surface area contributed by atoms with Gasteiger partial charge in [-0.2, -0.15) is 0 Å². The second-order valence-electron chi connectivity index (χ2n) is 5.04. The third-order valence-electron chi connectivity index (χ3n) is 2.05. The fraction of sp³-hybridized carbons (Fsp3) is 0.846. The van der Waals surface area contributed by atoms with Crippen molar-refractivity contribution in [2.75, 3.05) is 19.8 Å². The maximum Gasteiger partial charge on any atom is 0.407 e. The van der Waals surface area contributed by atoms with Gasteiger partial charge in [0.05, 0.1) is 6.61 Å². The molecule has 0 spiro atoms. The van der Waals surface area contributed by atoms with Gasteiger partial charge in [0.1, 0.15) is 11.4 Å². The van der Waals surface area contributed by atoms with E-state index in [0.29, 0.717) is 32.6 Å². The van der Waals surface area contributed by atoms with Crippen molar-refractivity contribution >= 4 is 11.9 Å². The second-order valence-corrected chi connectivity index (χ2v) is 5.04. The van der Waals surface area contributed by atoms with Crippen LogP contribution in [0.4, 0.5) is 4.79 Å². The summed E-state index contributed by atoms with van der Waals surface area (Å²) in [7, 11) is 0. The summed E-state index contributed by atoms with van der Waals surface area (Å²) in [5.74, 6) is 0.255. The molecule has 0 aliphatic heterocycles. The minimum absolute atomic E-state index is 0.255. The first-order valence-electron chi connectivity index (χ1n) is 6.41. The molecular weight excluding hydrogens is 234 g/mol. The van der Waals surface area contributed by atoms with Crippen molar-refractivity contribution in [3.8, 4) is 0 Å². The fourth-order valence-electron chi connectivity index (χ4n) is 1.19. The Morgan fingerprint density at radius 1 is 1.17 bits per heavy atom. The van der Waals surface area contributed by atoms with E-state index in [2.05, 4.69) is 5.32 Å². The van der Waals surface area contributed by atoms with E-state index in [1.54, 1.807) is 0 Å². The van der Waals surface area contributed by atoms with Crippen LogP contribution in [0.1, 0.15) is 47.0 Å². The SMILES string of the molecule is CCC(=O)CCCOCCNC(=O)OC(C)(C)C. The number of hydrogen-bond acceptors (Lipinski definition) is 4. The van der Waals surface area contributed by atoms with Crippen LogP contribution in [0.25, 0.3) is 0 Å². The standard InChI is InChI=1S/C13H25NO4/c1-5-11(15)7-6-9-17-10-8-14-12(16)18-13(2,3)4/h5-10H2,1-4H3,(H,14,16). The lowest BCUT2D eigenvalue weighted by Gasteiger charge is -2.19. The normalized spacial score (nSPS) is 11.1. The Kier molecular flexibility index (Phi) is 8.37. The zero-order valence-corrected chi connectivity index (χ0v) is 11.9. The average Bonchev–Trinajstić information content (AvgIpc) is 2.25. The molecule has 5 heteroatoms. The number of carbonyl (C=O) groups excluding carboxylic acids is 2. The minimum Gasteiger partial charge on any atom is -0.444 e. The first-order chi connectivity index (χ1) is 8.35. The number of ether oxygens (including phenoxy) is 2. The quantitative estimate of drug-likeness (QED) is 0.679. The van der Waals surface area contributed by atoms with Crippen molar-refractivity contribution in [2.24, 2.45) is 0 Å². The van der Waals surface area contributed by atoms with E-state index in [1.165, 1.54) is 0 Å². The van der Waals surface area contributed by atoms with Crippen molar-refractivity contribution in [3.05, 3.63) is 0 Å². The number of carbonyl (C=O) groups is 2. The molecule has 0 saturated heterocycles. The Hall–Kier alpha value is -1.10. The molecule has 1 amide bonds. The Morgan fingerprint density at radius 3 is 2.39 bits per heavy atom. The lowest BCUT2D eigenvalue weighted by atomic mass is 10.2. The molecule has 0 saturated carbocycles. The average molecular weight is 259 g/mol. The number of rotatable bonds is 8. The maximum atomic E-state index is 11.2. The molecule has 0 aromatic rings. The van der Waals surface area contributed by atoms with Gasteiger partial charge in [0.2, 0.25) is 0 Å². The second kappa shape index (κ2) is 8.91. The van der Waals surface area contributed by atoms with Crippen molar-refractivity contribution in [2.45, 2.75) is 52.6 Å². The van der Waals surface area contributed by atoms with Crippen LogP contribution >= 0.6 is 0 Å². The molecule has 0 atom stereocenters. The number of hydrogen-bond donors (Lipinski definition) is 1. The summed E-state index contributed by atoms with van der Waals surface area (Å²) >= 11 is 0. The molecule has 0 rings (SSSR count). The molecule has 0 aromatic heterocycles. The van der Waals surface area contributed by atoms with E-state index >= 15 is 0 Å². The summed E-state index contributed by atoms with van der Waals surface area (Å²) in [6, 6.07) is 0. The van der Waals surface area contributed by atoms with E-state index in [-0.39, 0.29) is 5.78 Å². The van der Waals surface area contributed by atoms with Crippen LogP contribution < -0.4 is 5.32 Å². The highest BCUT2D eigenvalue weighted by atomic mass is 16.6. The molecule has 0 aromatic carbocycles. The Labute approximate surface area is 109 Å². The van der Waals surface area contributed by atoms with Crippen LogP contribution in [0.3, 0.4) is 0 Å². The Morgan fingerprint density at radius 2 is 1.83 bits per heavy atom. The summed E-state index contributed by atoms with van der Waals surface area (Å²) in [5.41, 5.74) is -0.481. The molecular formula is C13H25NO4. The van der Waals surface area contributed by atoms with E-state index in [9.17, 15) is 9.59 Å². The van der Waals surface area contributed by atoms with Crippen LogP contribution in [0.2, 0.25) is 0 Å². The van der Waals surface area contributed by atoms with Gasteiger partial charge in [0.15, 0.2) is 0 Å². The smallest absolute Gasteiger partial charge is 0.407 e. The van der Waals surface area contributed by atoms with E-state index in [1.807, 2.05) is 27.7 Å². The lowest BCUT2D eigenvalue weighted by Crippen LogP contribution is -2.34. The van der Waals surface area contributed by atoms with Crippen molar-refractivity contribution < 1.29 is 19.1 Å². The molecule has 106 valence electrons. The molecule has 18 heavy (non-hydrogen) atoms. The monoisotopic (exact) mass is 259 g/mol. The number of nitrogens with one attached hydrogen (secondary N) is 1. The van der Waals surface area contributed by atoms with Crippen molar-refractivity contribution in [1.82, 2.24) is 5.32 Å². The summed E-state index contributed by atoms with van der Waals surface area (Å²) in [6.45, 7) is 8.68. The number of ketones is 1. The summed E-state index contributed by atoms with van der Waals surface area (Å²) < 4.78 is 10.3. The largest absolute Gasteiger partial charge is 0.444 e. The maximum absolute atomic E-state index is 11.2. The Balaban J connectivity index is 3.35. The molecule has 1 N–H and O–H groups in total.